The van der Waals surface area contributed by atoms with E-state index in [-0.39, 0.29) is 17.3 Å². The minimum absolute atomic E-state index is 0.131. The lowest BCUT2D eigenvalue weighted by molar-refractivity contribution is -0.385. The first-order valence-corrected chi connectivity index (χ1v) is 9.20. The number of nitro groups is 1. The third-order valence-corrected chi connectivity index (χ3v) is 4.54. The number of nitro benzene ring substituents is 1. The van der Waals surface area contributed by atoms with Crippen LogP contribution in [0.15, 0.2) is 42.5 Å². The summed E-state index contributed by atoms with van der Waals surface area (Å²) < 4.78 is 16.1. The van der Waals surface area contributed by atoms with Crippen molar-refractivity contribution in [3.8, 4) is 11.5 Å². The fraction of sp³-hybridized carbons (Fsp3) is 0.350. The molecule has 29 heavy (non-hydrogen) atoms. The summed E-state index contributed by atoms with van der Waals surface area (Å²) in [4.78, 5) is 25.1. The number of carbonyl (C=O) groups excluding carboxylic acids is 1. The molecule has 0 aliphatic carbocycles. The van der Waals surface area contributed by atoms with E-state index in [1.807, 2.05) is 24.3 Å². The van der Waals surface area contributed by atoms with Crippen molar-refractivity contribution in [2.45, 2.75) is 13.0 Å². The van der Waals surface area contributed by atoms with Gasteiger partial charge in [0.2, 0.25) is 0 Å². The standard InChI is InChI=1S/C20H23N3O6/c1-14(29-19-13-17(23(25)26)7-8-18(19)27-2)20(24)21-15-3-5-16(6-4-15)22-9-11-28-12-10-22/h3-8,13-14H,9-12H2,1-2H3,(H,21,24). The topological polar surface area (TPSA) is 103 Å². The highest BCUT2D eigenvalue weighted by Crippen LogP contribution is 2.32. The quantitative estimate of drug-likeness (QED) is 0.562. The van der Waals surface area contributed by atoms with Gasteiger partial charge in [-0.1, -0.05) is 0 Å². The lowest BCUT2D eigenvalue weighted by atomic mass is 10.2. The van der Waals surface area contributed by atoms with Crippen molar-refractivity contribution in [2.75, 3.05) is 43.6 Å². The summed E-state index contributed by atoms with van der Waals surface area (Å²) >= 11 is 0. The monoisotopic (exact) mass is 401 g/mol. The number of hydrogen-bond acceptors (Lipinski definition) is 7. The third kappa shape index (κ3) is 5.14. The average Bonchev–Trinajstić information content (AvgIpc) is 2.74. The molecule has 1 unspecified atom stereocenters. The van der Waals surface area contributed by atoms with Gasteiger partial charge >= 0.3 is 0 Å². The maximum Gasteiger partial charge on any atom is 0.273 e. The lowest BCUT2D eigenvalue weighted by Gasteiger charge is -2.29. The van der Waals surface area contributed by atoms with E-state index in [0.29, 0.717) is 24.7 Å². The van der Waals surface area contributed by atoms with Crippen molar-refractivity contribution >= 4 is 23.0 Å². The van der Waals surface area contributed by atoms with Gasteiger partial charge in [-0.2, -0.15) is 0 Å². The molecule has 1 N–H and O–H groups in total. The Labute approximate surface area is 168 Å². The zero-order valence-electron chi connectivity index (χ0n) is 16.3. The van der Waals surface area contributed by atoms with Crippen molar-refractivity contribution < 1.29 is 23.9 Å². The molecule has 9 heteroatoms. The van der Waals surface area contributed by atoms with Crippen LogP contribution in [0.5, 0.6) is 11.5 Å². The van der Waals surface area contributed by atoms with Crippen LogP contribution in [0, 0.1) is 10.1 Å². The molecule has 1 heterocycles. The summed E-state index contributed by atoms with van der Waals surface area (Å²) in [5, 5.41) is 13.8. The molecule has 0 bridgehead atoms. The molecule has 1 aliphatic rings. The first-order chi connectivity index (χ1) is 14.0. The Balaban J connectivity index is 1.63. The molecular formula is C20H23N3O6. The normalized spacial score (nSPS) is 14.8. The summed E-state index contributed by atoms with van der Waals surface area (Å²) in [5.41, 5.74) is 1.55. The number of nitrogens with one attached hydrogen (secondary N) is 1. The van der Waals surface area contributed by atoms with Gasteiger partial charge in [-0.15, -0.1) is 0 Å². The number of hydrogen-bond donors (Lipinski definition) is 1. The Morgan fingerprint density at radius 1 is 1.17 bits per heavy atom. The van der Waals surface area contributed by atoms with Crippen LogP contribution in [-0.4, -0.2) is 50.3 Å². The maximum absolute atomic E-state index is 12.5. The van der Waals surface area contributed by atoms with E-state index in [1.165, 1.54) is 25.3 Å². The second kappa shape index (κ2) is 9.24. The largest absolute Gasteiger partial charge is 0.493 e. The molecule has 1 fully saturated rings. The molecule has 2 aromatic carbocycles. The van der Waals surface area contributed by atoms with Gasteiger partial charge in [-0.25, -0.2) is 0 Å². The predicted octanol–water partition coefficient (Wildman–Crippen LogP) is 2.85. The van der Waals surface area contributed by atoms with Gasteiger partial charge in [0.05, 0.1) is 31.3 Å². The summed E-state index contributed by atoms with van der Waals surface area (Å²) in [6, 6.07) is 11.5. The van der Waals surface area contributed by atoms with Crippen LogP contribution in [-0.2, 0) is 9.53 Å². The smallest absolute Gasteiger partial charge is 0.273 e. The molecule has 0 spiro atoms. The first-order valence-electron chi connectivity index (χ1n) is 9.20. The average molecular weight is 401 g/mol. The highest BCUT2D eigenvalue weighted by atomic mass is 16.6. The highest BCUT2D eigenvalue weighted by Gasteiger charge is 2.20. The number of morpholine rings is 1. The number of ether oxygens (including phenoxy) is 3. The zero-order chi connectivity index (χ0) is 20.8. The Bertz CT molecular complexity index is 865. The molecule has 1 amide bonds. The van der Waals surface area contributed by atoms with Gasteiger partial charge < -0.3 is 24.4 Å². The van der Waals surface area contributed by atoms with E-state index in [4.69, 9.17) is 14.2 Å². The van der Waals surface area contributed by atoms with Crippen molar-refractivity contribution in [3.63, 3.8) is 0 Å². The van der Waals surface area contributed by atoms with Gasteiger partial charge in [-0.05, 0) is 37.3 Å². The van der Waals surface area contributed by atoms with E-state index >= 15 is 0 Å². The van der Waals surface area contributed by atoms with Crippen LogP contribution in [0.1, 0.15) is 6.92 Å². The molecule has 1 atom stereocenters. The minimum Gasteiger partial charge on any atom is -0.493 e. The van der Waals surface area contributed by atoms with E-state index < -0.39 is 11.0 Å². The molecule has 0 saturated carbocycles. The maximum atomic E-state index is 12.5. The Morgan fingerprint density at radius 3 is 2.48 bits per heavy atom. The summed E-state index contributed by atoms with van der Waals surface area (Å²) in [6.45, 7) is 4.64. The number of benzene rings is 2. The van der Waals surface area contributed by atoms with Gasteiger partial charge in [0.1, 0.15) is 0 Å². The van der Waals surface area contributed by atoms with Crippen LogP contribution in [0.25, 0.3) is 0 Å². The van der Waals surface area contributed by atoms with Gasteiger partial charge in [0.25, 0.3) is 11.6 Å². The highest BCUT2D eigenvalue weighted by molar-refractivity contribution is 5.94. The molecule has 0 radical (unpaired) electrons. The van der Waals surface area contributed by atoms with Crippen molar-refractivity contribution in [2.24, 2.45) is 0 Å². The van der Waals surface area contributed by atoms with Gasteiger partial charge in [-0.3, -0.25) is 14.9 Å². The molecule has 2 aromatic rings. The number of carbonyl (C=O) groups is 1. The number of nitrogens with zero attached hydrogens (tertiary/aromatic N) is 2. The van der Waals surface area contributed by atoms with Crippen LogP contribution < -0.4 is 19.7 Å². The zero-order valence-corrected chi connectivity index (χ0v) is 16.3. The van der Waals surface area contributed by atoms with Crippen LogP contribution in [0.4, 0.5) is 17.1 Å². The minimum atomic E-state index is -0.884. The van der Waals surface area contributed by atoms with Crippen LogP contribution in [0.2, 0.25) is 0 Å². The molecule has 0 aromatic heterocycles. The Kier molecular flexibility index (Phi) is 6.50. The molecule has 3 rings (SSSR count). The van der Waals surface area contributed by atoms with Crippen LogP contribution in [0.3, 0.4) is 0 Å². The van der Waals surface area contributed by atoms with E-state index in [1.54, 1.807) is 6.92 Å². The summed E-state index contributed by atoms with van der Waals surface area (Å²) in [7, 11) is 1.43. The number of rotatable bonds is 7. The number of methoxy groups -OCH3 is 1. The van der Waals surface area contributed by atoms with Crippen molar-refractivity contribution in [3.05, 3.63) is 52.6 Å². The molecule has 9 nitrogen and oxygen atoms in total. The number of anilines is 2. The van der Waals surface area contributed by atoms with Crippen molar-refractivity contribution in [1.82, 2.24) is 0 Å². The molecular weight excluding hydrogens is 378 g/mol. The van der Waals surface area contributed by atoms with E-state index in [9.17, 15) is 14.9 Å². The predicted molar refractivity (Wildman–Crippen MR) is 108 cm³/mol. The summed E-state index contributed by atoms with van der Waals surface area (Å²) in [6.07, 6.45) is -0.884. The number of non-ortho nitro benzene ring substituents is 1. The lowest BCUT2D eigenvalue weighted by Crippen LogP contribution is -2.36. The molecule has 1 aliphatic heterocycles. The second-order valence-electron chi connectivity index (χ2n) is 6.49. The first kappa shape index (κ1) is 20.4. The van der Waals surface area contributed by atoms with Gasteiger partial charge in [0, 0.05) is 30.5 Å². The summed E-state index contributed by atoms with van der Waals surface area (Å²) in [5.74, 6) is 0.0646. The SMILES string of the molecule is COc1ccc([N+](=O)[O-])cc1OC(C)C(=O)Nc1ccc(N2CCOCC2)cc1. The Morgan fingerprint density at radius 2 is 1.86 bits per heavy atom. The van der Waals surface area contributed by atoms with Gasteiger partial charge in [0.15, 0.2) is 17.6 Å². The fourth-order valence-corrected chi connectivity index (χ4v) is 2.94. The third-order valence-electron chi connectivity index (χ3n) is 4.54. The van der Waals surface area contributed by atoms with Crippen LogP contribution >= 0.6 is 0 Å². The fourth-order valence-electron chi connectivity index (χ4n) is 2.94. The van der Waals surface area contributed by atoms with E-state index in [2.05, 4.69) is 10.2 Å². The second-order valence-corrected chi connectivity index (χ2v) is 6.49. The molecule has 1 saturated heterocycles. The Hall–Kier alpha value is -3.33. The number of amides is 1. The van der Waals surface area contributed by atoms with Crippen molar-refractivity contribution in [1.29, 1.82) is 0 Å². The molecule has 154 valence electrons. The van der Waals surface area contributed by atoms with E-state index in [0.717, 1.165) is 18.8 Å².